The zero-order chi connectivity index (χ0) is 24.1. The van der Waals surface area contributed by atoms with Gasteiger partial charge in [-0.1, -0.05) is 35.4 Å². The summed E-state index contributed by atoms with van der Waals surface area (Å²) in [6.07, 6.45) is -7.95. The van der Waals surface area contributed by atoms with E-state index in [0.717, 1.165) is 11.1 Å². The van der Waals surface area contributed by atoms with Crippen molar-refractivity contribution in [2.24, 2.45) is 0 Å². The van der Waals surface area contributed by atoms with Crippen LogP contribution in [0.15, 0.2) is 58.3 Å². The monoisotopic (exact) mass is 490 g/mol. The van der Waals surface area contributed by atoms with Crippen molar-refractivity contribution in [2.45, 2.75) is 48.1 Å². The van der Waals surface area contributed by atoms with Crippen LogP contribution < -0.4 is 0 Å². The molecule has 0 aliphatic heterocycles. The molecule has 2 rings (SSSR count). The van der Waals surface area contributed by atoms with Crippen LogP contribution in [0.4, 0.5) is 0 Å². The van der Waals surface area contributed by atoms with Crippen molar-refractivity contribution < 1.29 is 45.6 Å². The Balaban J connectivity index is 2.29. The van der Waals surface area contributed by atoms with E-state index in [2.05, 4.69) is 0 Å². The molecule has 0 aromatic heterocycles. The molecule has 2 aromatic carbocycles. The first-order chi connectivity index (χ1) is 14.9. The first-order valence-electron chi connectivity index (χ1n) is 9.48. The van der Waals surface area contributed by atoms with Gasteiger partial charge in [-0.2, -0.15) is 16.8 Å². The molecule has 0 amide bonds. The molecule has 0 radical (unpaired) electrons. The molecule has 10 nitrogen and oxygen atoms in total. The molecule has 0 spiro atoms. The van der Waals surface area contributed by atoms with Gasteiger partial charge >= 0.3 is 0 Å². The van der Waals surface area contributed by atoms with E-state index in [4.69, 9.17) is 13.5 Å². The third-order valence-corrected chi connectivity index (χ3v) is 7.22. The Labute approximate surface area is 186 Å². The zero-order valence-electron chi connectivity index (χ0n) is 17.4. The van der Waals surface area contributed by atoms with Gasteiger partial charge in [0.1, 0.15) is 24.4 Å². The van der Waals surface area contributed by atoms with Crippen LogP contribution in [0.2, 0.25) is 0 Å². The molecule has 0 heterocycles. The molecule has 0 saturated carbocycles. The van der Waals surface area contributed by atoms with Crippen molar-refractivity contribution in [3.05, 3.63) is 59.7 Å². The predicted octanol–water partition coefficient (Wildman–Crippen LogP) is -0.142. The van der Waals surface area contributed by atoms with E-state index in [1.807, 2.05) is 0 Å². The molecule has 178 valence electrons. The van der Waals surface area contributed by atoms with Gasteiger partial charge < -0.3 is 20.4 Å². The first kappa shape index (κ1) is 26.4. The van der Waals surface area contributed by atoms with E-state index in [-0.39, 0.29) is 9.79 Å². The lowest BCUT2D eigenvalue weighted by molar-refractivity contribution is -0.114. The number of hydrogen-bond acceptors (Lipinski definition) is 10. The number of aliphatic hydroxyl groups excluding tert-OH is 4. The van der Waals surface area contributed by atoms with Crippen LogP contribution in [0.5, 0.6) is 0 Å². The van der Waals surface area contributed by atoms with Gasteiger partial charge in [0.25, 0.3) is 20.2 Å². The van der Waals surface area contributed by atoms with Gasteiger partial charge in [0.15, 0.2) is 0 Å². The van der Waals surface area contributed by atoms with Crippen LogP contribution in [-0.2, 0) is 28.6 Å². The minimum absolute atomic E-state index is 0.214. The molecule has 0 aliphatic carbocycles. The third-order valence-electron chi connectivity index (χ3n) is 4.57. The van der Waals surface area contributed by atoms with Gasteiger partial charge in [-0.25, -0.2) is 0 Å². The molecule has 32 heavy (non-hydrogen) atoms. The van der Waals surface area contributed by atoms with Crippen LogP contribution in [0.1, 0.15) is 11.1 Å². The number of aliphatic hydroxyl groups is 4. The van der Waals surface area contributed by atoms with Crippen molar-refractivity contribution >= 4 is 20.2 Å². The molecule has 12 heteroatoms. The summed E-state index contributed by atoms with van der Waals surface area (Å²) in [6.45, 7) is 1.54. The van der Waals surface area contributed by atoms with Gasteiger partial charge in [0.2, 0.25) is 0 Å². The minimum atomic E-state index is -4.52. The van der Waals surface area contributed by atoms with Crippen LogP contribution in [0, 0.1) is 13.8 Å². The van der Waals surface area contributed by atoms with E-state index in [0.29, 0.717) is 0 Å². The summed E-state index contributed by atoms with van der Waals surface area (Å²) in [6, 6.07) is 11.1. The van der Waals surface area contributed by atoms with E-state index in [9.17, 15) is 32.2 Å². The topological polar surface area (TPSA) is 168 Å². The molecule has 0 bridgehead atoms. The number of aryl methyl sites for hydroxylation is 2. The maximum Gasteiger partial charge on any atom is 0.297 e. The van der Waals surface area contributed by atoms with Crippen LogP contribution >= 0.6 is 0 Å². The Morgan fingerprint density at radius 1 is 0.750 bits per heavy atom. The highest BCUT2D eigenvalue weighted by molar-refractivity contribution is 7.87. The molecule has 4 N–H and O–H groups in total. The molecule has 4 atom stereocenters. The van der Waals surface area contributed by atoms with Gasteiger partial charge in [-0.3, -0.25) is 8.37 Å². The van der Waals surface area contributed by atoms with E-state index in [1.165, 1.54) is 48.5 Å². The molecule has 0 saturated heterocycles. The molecule has 0 unspecified atom stereocenters. The number of rotatable bonds is 11. The van der Waals surface area contributed by atoms with Gasteiger partial charge in [-0.15, -0.1) is 0 Å². The lowest BCUT2D eigenvalue weighted by atomic mass is 10.0. The standard InChI is InChI=1S/C20H26O10S2/c1-13-3-7-15(8-4-13)31(25,26)29-12-18(20(24)19(23)17(22)11-21)30-32(27,28)16-9-5-14(2)6-10-16/h3-10,17-24H,11-12H2,1-2H3/t17-,18-,19-,20-/m1/s1. The minimum Gasteiger partial charge on any atom is -0.394 e. The summed E-state index contributed by atoms with van der Waals surface area (Å²) in [5.74, 6) is 0. The Kier molecular flexibility index (Phi) is 8.90. The number of benzene rings is 2. The summed E-state index contributed by atoms with van der Waals surface area (Å²) in [5.41, 5.74) is 1.57. The molecular formula is C20H26O10S2. The van der Waals surface area contributed by atoms with Crippen molar-refractivity contribution in [1.82, 2.24) is 0 Å². The van der Waals surface area contributed by atoms with Gasteiger partial charge in [0, 0.05) is 0 Å². The fourth-order valence-corrected chi connectivity index (χ4v) is 4.59. The highest BCUT2D eigenvalue weighted by Gasteiger charge is 2.36. The molecule has 0 fully saturated rings. The van der Waals surface area contributed by atoms with E-state index < -0.39 is 57.9 Å². The summed E-state index contributed by atoms with van der Waals surface area (Å²) in [4.78, 5) is -0.493. The van der Waals surface area contributed by atoms with Crippen LogP contribution in [0.25, 0.3) is 0 Å². The SMILES string of the molecule is Cc1ccc(S(=O)(=O)OC[C@@H](OS(=O)(=O)c2ccc(C)cc2)[C@@H](O)[C@H](O)[C@H](O)CO)cc1. The summed E-state index contributed by atoms with van der Waals surface area (Å²) in [5, 5.41) is 38.9. The fraction of sp³-hybridized carbons (Fsp3) is 0.400. The fourth-order valence-electron chi connectivity index (χ4n) is 2.59. The summed E-state index contributed by atoms with van der Waals surface area (Å²) in [7, 11) is -8.88. The van der Waals surface area contributed by atoms with Crippen molar-refractivity contribution in [2.75, 3.05) is 13.2 Å². The number of hydrogen-bond donors (Lipinski definition) is 4. The predicted molar refractivity (Wildman–Crippen MR) is 113 cm³/mol. The quantitative estimate of drug-likeness (QED) is 0.311. The summed E-state index contributed by atoms with van der Waals surface area (Å²) >= 11 is 0. The maximum atomic E-state index is 12.6. The lowest BCUT2D eigenvalue weighted by Crippen LogP contribution is -2.49. The molecule has 0 aliphatic rings. The lowest BCUT2D eigenvalue weighted by Gasteiger charge is -2.28. The Morgan fingerprint density at radius 2 is 1.19 bits per heavy atom. The second-order valence-corrected chi connectivity index (χ2v) is 10.4. The molecule has 2 aromatic rings. The van der Waals surface area contributed by atoms with Crippen molar-refractivity contribution in [3.63, 3.8) is 0 Å². The highest BCUT2D eigenvalue weighted by atomic mass is 32.2. The highest BCUT2D eigenvalue weighted by Crippen LogP contribution is 2.21. The average molecular weight is 491 g/mol. The van der Waals surface area contributed by atoms with Crippen molar-refractivity contribution in [3.8, 4) is 0 Å². The Hall–Kier alpha value is -1.90. The Morgan fingerprint density at radius 3 is 1.62 bits per heavy atom. The second kappa shape index (κ2) is 10.8. The Bertz CT molecular complexity index is 1080. The van der Waals surface area contributed by atoms with Gasteiger partial charge in [-0.05, 0) is 38.1 Å². The zero-order valence-corrected chi connectivity index (χ0v) is 19.0. The van der Waals surface area contributed by atoms with Gasteiger partial charge in [0.05, 0.1) is 23.0 Å². The van der Waals surface area contributed by atoms with Crippen LogP contribution in [-0.4, -0.2) is 74.9 Å². The first-order valence-corrected chi connectivity index (χ1v) is 12.3. The molecular weight excluding hydrogens is 464 g/mol. The smallest absolute Gasteiger partial charge is 0.297 e. The van der Waals surface area contributed by atoms with Crippen molar-refractivity contribution in [1.29, 1.82) is 0 Å². The van der Waals surface area contributed by atoms with Crippen LogP contribution in [0.3, 0.4) is 0 Å². The largest absolute Gasteiger partial charge is 0.394 e. The van der Waals surface area contributed by atoms with E-state index in [1.54, 1.807) is 13.8 Å². The average Bonchev–Trinajstić information content (AvgIpc) is 2.75. The maximum absolute atomic E-state index is 12.6. The van der Waals surface area contributed by atoms with E-state index >= 15 is 0 Å². The summed E-state index contributed by atoms with van der Waals surface area (Å²) < 4.78 is 60.0. The third kappa shape index (κ3) is 6.80. The normalized spacial score (nSPS) is 16.3. The second-order valence-electron chi connectivity index (χ2n) is 7.18.